The van der Waals surface area contributed by atoms with Crippen LogP contribution >= 0.6 is 0 Å². The van der Waals surface area contributed by atoms with Gasteiger partial charge in [0.05, 0.1) is 12.8 Å². The second kappa shape index (κ2) is 8.48. The Morgan fingerprint density at radius 1 is 1.00 bits per heavy atom. The summed E-state index contributed by atoms with van der Waals surface area (Å²) in [6, 6.07) is 15.0. The molecule has 5 heteroatoms. The van der Waals surface area contributed by atoms with Crippen LogP contribution in [0.15, 0.2) is 48.5 Å². The molecule has 0 radical (unpaired) electrons. The van der Waals surface area contributed by atoms with Crippen molar-refractivity contribution in [3.63, 3.8) is 0 Å². The number of aromatic nitrogens is 1. The molecule has 2 heterocycles. The first-order valence-corrected chi connectivity index (χ1v) is 9.89. The van der Waals surface area contributed by atoms with Gasteiger partial charge >= 0.3 is 0 Å². The Balaban J connectivity index is 1.38. The highest BCUT2D eigenvalue weighted by atomic mass is 16.5. The number of likely N-dealkylation sites (tertiary alicyclic amines) is 1. The summed E-state index contributed by atoms with van der Waals surface area (Å²) in [6.07, 6.45) is 3.92. The highest BCUT2D eigenvalue weighted by Gasteiger charge is 2.13. The normalized spacial score (nSPS) is 14.9. The van der Waals surface area contributed by atoms with Crippen molar-refractivity contribution in [1.82, 2.24) is 9.88 Å². The van der Waals surface area contributed by atoms with Crippen LogP contribution in [-0.2, 0) is 0 Å². The molecule has 0 spiro atoms. The molecule has 0 saturated carbocycles. The first-order chi connectivity index (χ1) is 13.7. The van der Waals surface area contributed by atoms with Crippen LogP contribution in [-0.4, -0.2) is 49.0 Å². The van der Waals surface area contributed by atoms with Crippen LogP contribution in [0, 0.1) is 0 Å². The van der Waals surface area contributed by atoms with Gasteiger partial charge < -0.3 is 14.5 Å². The summed E-state index contributed by atoms with van der Waals surface area (Å²) in [7, 11) is 1.63. The Bertz CT molecular complexity index is 940. The molecule has 0 atom stereocenters. The number of carbonyl (C=O) groups is 1. The zero-order valence-corrected chi connectivity index (χ0v) is 16.2. The van der Waals surface area contributed by atoms with E-state index in [-0.39, 0.29) is 5.78 Å². The molecule has 1 aromatic heterocycles. The number of aromatic amines is 1. The van der Waals surface area contributed by atoms with Crippen molar-refractivity contribution >= 4 is 16.7 Å². The number of nitrogens with one attached hydrogen (secondary N) is 1. The molecule has 1 aliphatic rings. The number of benzene rings is 2. The van der Waals surface area contributed by atoms with E-state index < -0.39 is 0 Å². The van der Waals surface area contributed by atoms with Crippen molar-refractivity contribution < 1.29 is 14.3 Å². The quantitative estimate of drug-likeness (QED) is 0.624. The van der Waals surface area contributed by atoms with E-state index in [1.54, 1.807) is 7.11 Å². The molecule has 1 fully saturated rings. The first kappa shape index (κ1) is 18.6. The topological polar surface area (TPSA) is 54.6 Å². The van der Waals surface area contributed by atoms with E-state index in [0.29, 0.717) is 17.9 Å². The van der Waals surface area contributed by atoms with Gasteiger partial charge in [0.25, 0.3) is 0 Å². The molecule has 2 aromatic carbocycles. The molecule has 1 N–H and O–H groups in total. The smallest absolute Gasteiger partial charge is 0.209 e. The molecule has 0 bridgehead atoms. The van der Waals surface area contributed by atoms with E-state index in [9.17, 15) is 4.79 Å². The van der Waals surface area contributed by atoms with E-state index in [2.05, 4.69) is 9.88 Å². The third-order valence-corrected chi connectivity index (χ3v) is 5.32. The Hall–Kier alpha value is -2.79. The summed E-state index contributed by atoms with van der Waals surface area (Å²) >= 11 is 0. The standard InChI is InChI=1S/C23H26N2O3/c1-27-20-10-7-18-15-22(24-21(18)16-20)23(26)17-5-8-19(9-6-17)28-14-13-25-11-3-2-4-12-25/h5-10,15-16,24H,2-4,11-14H2,1H3. The number of ether oxygens (including phenoxy) is 2. The lowest BCUT2D eigenvalue weighted by atomic mass is 10.1. The Labute approximate surface area is 165 Å². The molecule has 0 unspecified atom stereocenters. The lowest BCUT2D eigenvalue weighted by Gasteiger charge is -2.26. The Kier molecular flexibility index (Phi) is 5.63. The van der Waals surface area contributed by atoms with E-state index in [0.717, 1.165) is 28.9 Å². The predicted molar refractivity (Wildman–Crippen MR) is 111 cm³/mol. The Morgan fingerprint density at radius 3 is 2.50 bits per heavy atom. The van der Waals surface area contributed by atoms with Crippen LogP contribution < -0.4 is 9.47 Å². The van der Waals surface area contributed by atoms with Gasteiger partial charge in [0.2, 0.25) is 5.78 Å². The fourth-order valence-electron chi connectivity index (χ4n) is 3.69. The third kappa shape index (κ3) is 4.20. The summed E-state index contributed by atoms with van der Waals surface area (Å²) < 4.78 is 11.1. The second-order valence-electron chi connectivity index (χ2n) is 7.24. The number of fused-ring (bicyclic) bond motifs is 1. The minimum atomic E-state index is -0.0324. The zero-order chi connectivity index (χ0) is 19.3. The average molecular weight is 378 g/mol. The van der Waals surface area contributed by atoms with Gasteiger partial charge in [0.1, 0.15) is 18.1 Å². The lowest BCUT2D eigenvalue weighted by Crippen LogP contribution is -2.33. The molecule has 3 aromatic rings. The number of hydrogen-bond donors (Lipinski definition) is 1. The van der Waals surface area contributed by atoms with Gasteiger partial charge in [0.15, 0.2) is 0 Å². The van der Waals surface area contributed by atoms with Crippen molar-refractivity contribution in [3.8, 4) is 11.5 Å². The van der Waals surface area contributed by atoms with Gasteiger partial charge in [-0.25, -0.2) is 0 Å². The average Bonchev–Trinajstić information content (AvgIpc) is 3.18. The molecule has 0 amide bonds. The number of methoxy groups -OCH3 is 1. The van der Waals surface area contributed by atoms with Crippen LogP contribution in [0.4, 0.5) is 0 Å². The minimum Gasteiger partial charge on any atom is -0.497 e. The number of ketones is 1. The van der Waals surface area contributed by atoms with Gasteiger partial charge in [-0.05, 0) is 68.4 Å². The number of carbonyl (C=O) groups excluding carboxylic acids is 1. The molecular formula is C23H26N2O3. The predicted octanol–water partition coefficient (Wildman–Crippen LogP) is 4.27. The fraction of sp³-hybridized carbons (Fsp3) is 0.348. The van der Waals surface area contributed by atoms with Crippen molar-refractivity contribution in [2.24, 2.45) is 0 Å². The number of piperidine rings is 1. The van der Waals surface area contributed by atoms with Crippen LogP contribution in [0.25, 0.3) is 10.9 Å². The van der Waals surface area contributed by atoms with Crippen LogP contribution in [0.1, 0.15) is 35.3 Å². The largest absolute Gasteiger partial charge is 0.497 e. The van der Waals surface area contributed by atoms with Crippen molar-refractivity contribution in [2.75, 3.05) is 33.4 Å². The Morgan fingerprint density at radius 2 is 1.75 bits per heavy atom. The van der Waals surface area contributed by atoms with Gasteiger partial charge in [-0.3, -0.25) is 9.69 Å². The second-order valence-corrected chi connectivity index (χ2v) is 7.24. The summed E-state index contributed by atoms with van der Waals surface area (Å²) in [5, 5.41) is 0.988. The highest BCUT2D eigenvalue weighted by molar-refractivity contribution is 6.10. The summed E-state index contributed by atoms with van der Waals surface area (Å²) in [5.41, 5.74) is 2.10. The summed E-state index contributed by atoms with van der Waals surface area (Å²) in [6.45, 7) is 3.98. The SMILES string of the molecule is COc1ccc2cc(C(=O)c3ccc(OCCN4CCCCC4)cc3)[nH]c2c1. The van der Waals surface area contributed by atoms with Gasteiger partial charge in [0, 0.05) is 29.1 Å². The van der Waals surface area contributed by atoms with Crippen molar-refractivity contribution in [2.45, 2.75) is 19.3 Å². The summed E-state index contributed by atoms with van der Waals surface area (Å²) in [5.74, 6) is 1.53. The molecule has 0 aliphatic carbocycles. The fourth-order valence-corrected chi connectivity index (χ4v) is 3.69. The molecular weight excluding hydrogens is 352 g/mol. The van der Waals surface area contributed by atoms with Crippen LogP contribution in [0.2, 0.25) is 0 Å². The monoisotopic (exact) mass is 378 g/mol. The van der Waals surface area contributed by atoms with Crippen molar-refractivity contribution in [3.05, 3.63) is 59.8 Å². The molecule has 1 aliphatic heterocycles. The number of nitrogens with zero attached hydrogens (tertiary/aromatic N) is 1. The van der Waals surface area contributed by atoms with E-state index in [1.807, 2.05) is 48.5 Å². The number of hydrogen-bond acceptors (Lipinski definition) is 4. The van der Waals surface area contributed by atoms with Crippen LogP contribution in [0.3, 0.4) is 0 Å². The van der Waals surface area contributed by atoms with E-state index in [1.165, 1.54) is 32.4 Å². The van der Waals surface area contributed by atoms with E-state index >= 15 is 0 Å². The van der Waals surface area contributed by atoms with Gasteiger partial charge in [-0.1, -0.05) is 6.42 Å². The number of rotatable bonds is 7. The highest BCUT2D eigenvalue weighted by Crippen LogP contribution is 2.23. The zero-order valence-electron chi connectivity index (χ0n) is 16.2. The van der Waals surface area contributed by atoms with Gasteiger partial charge in [-0.15, -0.1) is 0 Å². The number of H-pyrrole nitrogens is 1. The molecule has 4 rings (SSSR count). The first-order valence-electron chi connectivity index (χ1n) is 9.89. The lowest BCUT2D eigenvalue weighted by molar-refractivity contribution is 0.103. The third-order valence-electron chi connectivity index (χ3n) is 5.32. The minimum absolute atomic E-state index is 0.0324. The molecule has 146 valence electrons. The summed E-state index contributed by atoms with van der Waals surface area (Å²) in [4.78, 5) is 18.4. The molecule has 1 saturated heterocycles. The van der Waals surface area contributed by atoms with Crippen LogP contribution in [0.5, 0.6) is 11.5 Å². The van der Waals surface area contributed by atoms with E-state index in [4.69, 9.17) is 9.47 Å². The molecule has 5 nitrogen and oxygen atoms in total. The maximum Gasteiger partial charge on any atom is 0.209 e. The maximum absolute atomic E-state index is 12.8. The van der Waals surface area contributed by atoms with Gasteiger partial charge in [-0.2, -0.15) is 0 Å². The van der Waals surface area contributed by atoms with Crippen molar-refractivity contribution in [1.29, 1.82) is 0 Å². The molecule has 28 heavy (non-hydrogen) atoms. The maximum atomic E-state index is 12.8.